The van der Waals surface area contributed by atoms with Gasteiger partial charge in [0, 0.05) is 23.2 Å². The van der Waals surface area contributed by atoms with Crippen molar-refractivity contribution >= 4 is 44.8 Å². The highest BCUT2D eigenvalue weighted by molar-refractivity contribution is 7.89. The summed E-state index contributed by atoms with van der Waals surface area (Å²) >= 11 is 11.6. The fraction of sp³-hybridized carbons (Fsp3) is 0.188. The van der Waals surface area contributed by atoms with Crippen LogP contribution in [0.4, 0.5) is 5.69 Å². The molecule has 10 nitrogen and oxygen atoms in total. The number of nitrogens with one attached hydrogen (secondary N) is 1. The molecule has 0 aliphatic carbocycles. The Morgan fingerprint density at radius 2 is 1.93 bits per heavy atom. The van der Waals surface area contributed by atoms with Gasteiger partial charge in [-0.25, -0.2) is 13.9 Å². The number of nitro groups is 1. The summed E-state index contributed by atoms with van der Waals surface area (Å²) in [5.74, 6) is -1.90. The molecule has 1 atom stereocenters. The quantitative estimate of drug-likeness (QED) is 0.324. The Hall–Kier alpha value is -2.44. The van der Waals surface area contributed by atoms with E-state index in [-0.39, 0.29) is 21.3 Å². The smallest absolute Gasteiger partial charge is 0.273 e. The van der Waals surface area contributed by atoms with Crippen LogP contribution in [0.5, 0.6) is 5.75 Å². The van der Waals surface area contributed by atoms with Crippen molar-refractivity contribution in [1.29, 1.82) is 0 Å². The number of hydroxylamine groups is 1. The predicted octanol–water partition coefficient (Wildman–Crippen LogP) is 2.69. The van der Waals surface area contributed by atoms with E-state index in [1.54, 1.807) is 0 Å². The lowest BCUT2D eigenvalue weighted by atomic mass is 10.1. The Labute approximate surface area is 175 Å². The summed E-state index contributed by atoms with van der Waals surface area (Å²) in [6.45, 7) is 0.540. The lowest BCUT2D eigenvalue weighted by Gasteiger charge is -2.27. The molecule has 0 aromatic heterocycles. The molecule has 2 rings (SSSR count). The van der Waals surface area contributed by atoms with Gasteiger partial charge in [-0.2, -0.15) is 4.31 Å². The minimum Gasteiger partial charge on any atom is -0.505 e. The number of aromatic hydroxyl groups is 1. The number of para-hydroxylation sites is 1. The average Bonchev–Trinajstić information content (AvgIpc) is 2.67. The molecule has 2 aromatic carbocycles. The molecule has 3 N–H and O–H groups in total. The molecule has 29 heavy (non-hydrogen) atoms. The zero-order valence-corrected chi connectivity index (χ0v) is 17.1. The van der Waals surface area contributed by atoms with Crippen LogP contribution in [0, 0.1) is 10.1 Å². The number of phenols is 1. The van der Waals surface area contributed by atoms with Gasteiger partial charge in [0.2, 0.25) is 10.0 Å². The maximum Gasteiger partial charge on any atom is 0.273 e. The van der Waals surface area contributed by atoms with Crippen LogP contribution in [-0.2, 0) is 21.4 Å². The van der Waals surface area contributed by atoms with E-state index in [0.717, 1.165) is 19.1 Å². The summed E-state index contributed by atoms with van der Waals surface area (Å²) in [6, 6.07) is 5.87. The van der Waals surface area contributed by atoms with Crippen LogP contribution in [0.15, 0.2) is 41.3 Å². The first-order valence-corrected chi connectivity index (χ1v) is 10.1. The van der Waals surface area contributed by atoms with E-state index in [0.29, 0.717) is 4.31 Å². The van der Waals surface area contributed by atoms with Gasteiger partial charge in [0.1, 0.15) is 10.9 Å². The Bertz CT molecular complexity index is 1060. The van der Waals surface area contributed by atoms with E-state index in [1.807, 2.05) is 0 Å². The average molecular weight is 464 g/mol. The Kier molecular flexibility index (Phi) is 7.03. The number of sulfonamides is 1. The van der Waals surface area contributed by atoms with Gasteiger partial charge in [-0.1, -0.05) is 41.4 Å². The maximum absolute atomic E-state index is 13.2. The molecule has 1 amide bonds. The van der Waals surface area contributed by atoms with Crippen molar-refractivity contribution in [2.75, 3.05) is 0 Å². The normalized spacial score (nSPS) is 12.6. The second-order valence-electron chi connectivity index (χ2n) is 5.82. The van der Waals surface area contributed by atoms with Gasteiger partial charge < -0.3 is 5.11 Å². The number of nitro benzene ring substituents is 1. The number of halogens is 2. The minimum atomic E-state index is -4.65. The van der Waals surface area contributed by atoms with Crippen molar-refractivity contribution < 1.29 is 28.4 Å². The summed E-state index contributed by atoms with van der Waals surface area (Å²) in [5.41, 5.74) is 0.937. The molecule has 0 bridgehead atoms. The molecular formula is C16H15Cl2N3O7S. The maximum atomic E-state index is 13.2. The van der Waals surface area contributed by atoms with Crippen LogP contribution in [0.3, 0.4) is 0 Å². The first-order valence-electron chi connectivity index (χ1n) is 7.86. The van der Waals surface area contributed by atoms with E-state index in [4.69, 9.17) is 28.4 Å². The van der Waals surface area contributed by atoms with Crippen LogP contribution < -0.4 is 5.48 Å². The van der Waals surface area contributed by atoms with Gasteiger partial charge >= 0.3 is 0 Å². The second-order valence-corrected chi connectivity index (χ2v) is 8.53. The van der Waals surface area contributed by atoms with E-state index < -0.39 is 44.1 Å². The first kappa shape index (κ1) is 22.8. The lowest BCUT2D eigenvalue weighted by Crippen LogP contribution is -2.46. The number of carbonyl (C=O) groups is 1. The lowest BCUT2D eigenvalue weighted by molar-refractivity contribution is -0.385. The second kappa shape index (κ2) is 8.93. The monoisotopic (exact) mass is 463 g/mol. The molecule has 2 aromatic rings. The van der Waals surface area contributed by atoms with Crippen LogP contribution in [0.25, 0.3) is 0 Å². The Morgan fingerprint density at radius 1 is 1.31 bits per heavy atom. The number of benzene rings is 2. The van der Waals surface area contributed by atoms with Crippen LogP contribution in [-0.4, -0.2) is 39.9 Å². The summed E-state index contributed by atoms with van der Waals surface area (Å²) in [5, 5.41) is 29.9. The third-order valence-corrected chi connectivity index (χ3v) is 6.45. The molecular weight excluding hydrogens is 449 g/mol. The third kappa shape index (κ3) is 4.77. The summed E-state index contributed by atoms with van der Waals surface area (Å²) in [7, 11) is -4.65. The number of nitrogens with zero attached hydrogens (tertiary/aromatic N) is 2. The number of carbonyl (C=O) groups excluding carboxylic acids is 1. The van der Waals surface area contributed by atoms with Crippen molar-refractivity contribution in [2.24, 2.45) is 0 Å². The van der Waals surface area contributed by atoms with Gasteiger partial charge in [0.15, 0.2) is 5.75 Å². The van der Waals surface area contributed by atoms with Crippen molar-refractivity contribution in [1.82, 2.24) is 9.79 Å². The number of hydrogen-bond donors (Lipinski definition) is 3. The molecule has 0 saturated heterocycles. The Balaban J connectivity index is 2.66. The topological polar surface area (TPSA) is 150 Å². The van der Waals surface area contributed by atoms with Crippen LogP contribution in [0.2, 0.25) is 10.0 Å². The van der Waals surface area contributed by atoms with E-state index in [9.17, 15) is 28.4 Å². The van der Waals surface area contributed by atoms with Gasteiger partial charge in [-0.15, -0.1) is 0 Å². The molecule has 0 aliphatic rings. The van der Waals surface area contributed by atoms with Gasteiger partial charge in [0.05, 0.1) is 9.95 Å². The molecule has 0 aliphatic heterocycles. The first-order chi connectivity index (χ1) is 13.5. The highest BCUT2D eigenvalue weighted by Gasteiger charge is 2.36. The standard InChI is InChI=1S/C16H15Cl2N3O7S/c1-9(16(23)19-24)20(8-10-4-2-3-5-13(10)21(25)26)29(27,28)14-7-11(17)6-12(18)15(14)22/h2-7,9,22,24H,8H2,1H3,(H,19,23)/t9-/m0/s1. The largest absolute Gasteiger partial charge is 0.505 e. The molecule has 0 heterocycles. The molecule has 0 unspecified atom stereocenters. The fourth-order valence-electron chi connectivity index (χ4n) is 2.51. The third-order valence-electron chi connectivity index (χ3n) is 4.02. The van der Waals surface area contributed by atoms with Gasteiger partial charge in [-0.05, 0) is 19.1 Å². The van der Waals surface area contributed by atoms with Crippen molar-refractivity contribution in [3.05, 3.63) is 62.1 Å². The van der Waals surface area contributed by atoms with E-state index in [2.05, 4.69) is 0 Å². The van der Waals surface area contributed by atoms with Gasteiger partial charge in [0.25, 0.3) is 11.6 Å². The van der Waals surface area contributed by atoms with Crippen molar-refractivity contribution in [3.63, 3.8) is 0 Å². The number of hydrogen-bond acceptors (Lipinski definition) is 7. The highest BCUT2D eigenvalue weighted by atomic mass is 35.5. The van der Waals surface area contributed by atoms with E-state index in [1.165, 1.54) is 29.7 Å². The zero-order valence-electron chi connectivity index (χ0n) is 14.7. The molecule has 0 fully saturated rings. The van der Waals surface area contributed by atoms with Gasteiger partial charge in [-0.3, -0.25) is 20.1 Å². The highest BCUT2D eigenvalue weighted by Crippen LogP contribution is 2.37. The summed E-state index contributed by atoms with van der Waals surface area (Å²) < 4.78 is 27.0. The van der Waals surface area contributed by atoms with Crippen LogP contribution >= 0.6 is 23.2 Å². The summed E-state index contributed by atoms with van der Waals surface area (Å²) in [6.07, 6.45) is 0. The Morgan fingerprint density at radius 3 is 2.52 bits per heavy atom. The number of amides is 1. The molecule has 13 heteroatoms. The minimum absolute atomic E-state index is 0.0220. The van der Waals surface area contributed by atoms with Crippen molar-refractivity contribution in [3.8, 4) is 5.75 Å². The predicted molar refractivity (Wildman–Crippen MR) is 103 cm³/mol. The van der Waals surface area contributed by atoms with Crippen molar-refractivity contribution in [2.45, 2.75) is 24.4 Å². The van der Waals surface area contributed by atoms with E-state index >= 15 is 0 Å². The molecule has 0 radical (unpaired) electrons. The molecule has 156 valence electrons. The molecule has 0 saturated carbocycles. The number of rotatable bonds is 7. The van der Waals surface area contributed by atoms with Crippen LogP contribution in [0.1, 0.15) is 12.5 Å². The molecule has 0 spiro atoms. The SMILES string of the molecule is C[C@@H](C(=O)NO)N(Cc1ccccc1[N+](=O)[O-])S(=O)(=O)c1cc(Cl)cc(Cl)c1O. The zero-order chi connectivity index (χ0) is 21.9. The summed E-state index contributed by atoms with van der Waals surface area (Å²) in [4.78, 5) is 21.8. The number of phenolic OH excluding ortho intramolecular Hbond substituents is 1. The fourth-order valence-corrected chi connectivity index (χ4v) is 4.83.